The molecule has 0 saturated heterocycles. The Morgan fingerprint density at radius 1 is 1.36 bits per heavy atom. The van der Waals surface area contributed by atoms with Gasteiger partial charge in [0, 0.05) is 4.83 Å². The van der Waals surface area contributed by atoms with Crippen molar-refractivity contribution in [1.82, 2.24) is 0 Å². The van der Waals surface area contributed by atoms with Gasteiger partial charge in [-0.1, -0.05) is 40.9 Å². The van der Waals surface area contributed by atoms with Crippen LogP contribution in [0.15, 0.2) is 11.1 Å². The molecule has 2 bridgehead atoms. The van der Waals surface area contributed by atoms with E-state index in [4.69, 9.17) is 0 Å². The first-order valence-electron chi connectivity index (χ1n) is 4.36. The number of fused-ring (bicyclic) bond motifs is 2. The van der Waals surface area contributed by atoms with Crippen LogP contribution in [0.25, 0.3) is 0 Å². The molecule has 2 unspecified atom stereocenters. The Morgan fingerprint density at radius 3 is 2.27 bits per heavy atom. The number of hydrogen-bond donors (Lipinski definition) is 0. The monoisotopic (exact) mass is 214 g/mol. The highest BCUT2D eigenvalue weighted by atomic mass is 79.9. The molecule has 0 aromatic heterocycles. The molecule has 0 N–H and O–H groups in total. The maximum atomic E-state index is 3.76. The second kappa shape index (κ2) is 2.12. The van der Waals surface area contributed by atoms with E-state index in [1.54, 1.807) is 11.1 Å². The van der Waals surface area contributed by atoms with Crippen LogP contribution < -0.4 is 0 Å². The summed E-state index contributed by atoms with van der Waals surface area (Å²) in [5, 5.41) is 0. The second-order valence-electron chi connectivity index (χ2n) is 4.51. The van der Waals surface area contributed by atoms with Gasteiger partial charge in [0.15, 0.2) is 0 Å². The number of halogens is 1. The van der Waals surface area contributed by atoms with Crippen LogP contribution in [0.3, 0.4) is 0 Å². The molecule has 2 rings (SSSR count). The summed E-state index contributed by atoms with van der Waals surface area (Å²) in [6, 6.07) is 0. The molecular weight excluding hydrogens is 200 g/mol. The van der Waals surface area contributed by atoms with Crippen molar-refractivity contribution in [2.24, 2.45) is 11.3 Å². The van der Waals surface area contributed by atoms with E-state index in [0.717, 1.165) is 10.7 Å². The summed E-state index contributed by atoms with van der Waals surface area (Å²) in [6.07, 6.45) is 2.63. The second-order valence-corrected chi connectivity index (χ2v) is 5.69. The first kappa shape index (κ1) is 7.85. The van der Waals surface area contributed by atoms with Crippen molar-refractivity contribution in [3.8, 4) is 0 Å². The molecule has 1 fully saturated rings. The highest BCUT2D eigenvalue weighted by Gasteiger charge is 2.49. The summed E-state index contributed by atoms with van der Waals surface area (Å²) >= 11 is 3.76. The van der Waals surface area contributed by atoms with Gasteiger partial charge in [0.25, 0.3) is 0 Å². The van der Waals surface area contributed by atoms with Gasteiger partial charge in [-0.05, 0) is 31.1 Å². The molecule has 1 saturated carbocycles. The molecule has 62 valence electrons. The van der Waals surface area contributed by atoms with Crippen molar-refractivity contribution in [2.75, 3.05) is 0 Å². The number of rotatable bonds is 0. The van der Waals surface area contributed by atoms with E-state index in [1.807, 2.05) is 0 Å². The lowest BCUT2D eigenvalue weighted by Crippen LogP contribution is -2.18. The summed E-state index contributed by atoms with van der Waals surface area (Å²) in [4.78, 5) is 0.760. The fourth-order valence-electron chi connectivity index (χ4n) is 2.84. The van der Waals surface area contributed by atoms with Gasteiger partial charge in [0.2, 0.25) is 0 Å². The predicted octanol–water partition coefficient (Wildman–Crippen LogP) is 3.52. The molecule has 0 radical (unpaired) electrons. The molecule has 0 aromatic rings. The average Bonchev–Trinajstić information content (AvgIpc) is 2.21. The summed E-state index contributed by atoms with van der Waals surface area (Å²) in [5.74, 6) is 0.873. The largest absolute Gasteiger partial charge is 0.0884 e. The Bertz CT molecular complexity index is 225. The van der Waals surface area contributed by atoms with Crippen LogP contribution in [0.2, 0.25) is 0 Å². The molecule has 0 heterocycles. The zero-order chi connectivity index (χ0) is 8.22. The van der Waals surface area contributed by atoms with Crippen LogP contribution in [-0.4, -0.2) is 4.83 Å². The molecular formula is C10H15Br. The third-order valence-corrected chi connectivity index (χ3v) is 4.54. The van der Waals surface area contributed by atoms with Crippen LogP contribution in [0, 0.1) is 11.3 Å². The molecule has 0 aliphatic heterocycles. The highest BCUT2D eigenvalue weighted by Crippen LogP contribution is 2.58. The number of allylic oxidation sites excluding steroid dienone is 2. The summed E-state index contributed by atoms with van der Waals surface area (Å²) < 4.78 is 0. The van der Waals surface area contributed by atoms with Crippen molar-refractivity contribution in [3.05, 3.63) is 11.1 Å². The molecule has 1 heteroatoms. The van der Waals surface area contributed by atoms with E-state index in [1.165, 1.54) is 12.8 Å². The van der Waals surface area contributed by atoms with Crippen molar-refractivity contribution >= 4 is 15.9 Å². The average molecular weight is 215 g/mol. The fourth-order valence-corrected chi connectivity index (χ4v) is 4.01. The van der Waals surface area contributed by atoms with Crippen molar-refractivity contribution in [1.29, 1.82) is 0 Å². The Morgan fingerprint density at radius 2 is 2.00 bits per heavy atom. The smallest absolute Gasteiger partial charge is 0.0222 e. The van der Waals surface area contributed by atoms with Gasteiger partial charge in [-0.2, -0.15) is 0 Å². The third kappa shape index (κ3) is 0.867. The van der Waals surface area contributed by atoms with Gasteiger partial charge < -0.3 is 0 Å². The molecule has 0 aromatic carbocycles. The Balaban J connectivity index is 2.44. The van der Waals surface area contributed by atoms with Crippen LogP contribution in [0.1, 0.15) is 33.6 Å². The Hall–Kier alpha value is 0.220. The van der Waals surface area contributed by atoms with E-state index in [-0.39, 0.29) is 0 Å². The summed E-state index contributed by atoms with van der Waals surface area (Å²) in [6.45, 7) is 7.09. The van der Waals surface area contributed by atoms with Crippen LogP contribution in [-0.2, 0) is 0 Å². The normalized spacial score (nSPS) is 40.4. The van der Waals surface area contributed by atoms with Gasteiger partial charge in [0.05, 0.1) is 0 Å². The molecule has 2 atom stereocenters. The Labute approximate surface area is 77.2 Å². The van der Waals surface area contributed by atoms with Gasteiger partial charge >= 0.3 is 0 Å². The van der Waals surface area contributed by atoms with E-state index in [2.05, 4.69) is 36.7 Å². The molecule has 0 amide bonds. The van der Waals surface area contributed by atoms with E-state index >= 15 is 0 Å². The standard InChI is InChI=1S/C10H15Br/c1-6-4-8-9(11)5-7(6)10(8,2)3/h8-9H,4-5H2,1-3H3. The summed E-state index contributed by atoms with van der Waals surface area (Å²) in [7, 11) is 0. The third-order valence-electron chi connectivity index (χ3n) is 3.58. The zero-order valence-electron chi connectivity index (χ0n) is 7.45. The summed E-state index contributed by atoms with van der Waals surface area (Å²) in [5.41, 5.74) is 3.89. The van der Waals surface area contributed by atoms with E-state index in [9.17, 15) is 0 Å². The first-order valence-corrected chi connectivity index (χ1v) is 5.28. The minimum atomic E-state index is 0.498. The van der Waals surface area contributed by atoms with E-state index in [0.29, 0.717) is 5.41 Å². The quantitative estimate of drug-likeness (QED) is 0.428. The van der Waals surface area contributed by atoms with Crippen LogP contribution >= 0.6 is 15.9 Å². The zero-order valence-corrected chi connectivity index (χ0v) is 9.03. The molecule has 2 aliphatic rings. The minimum absolute atomic E-state index is 0.498. The number of alkyl halides is 1. The molecule has 2 aliphatic carbocycles. The van der Waals surface area contributed by atoms with Crippen molar-refractivity contribution in [3.63, 3.8) is 0 Å². The molecule has 11 heavy (non-hydrogen) atoms. The topological polar surface area (TPSA) is 0 Å². The maximum Gasteiger partial charge on any atom is 0.0222 e. The SMILES string of the molecule is CC1=C2CC(Br)C(C1)C2(C)C. The van der Waals surface area contributed by atoms with Crippen LogP contribution in [0.5, 0.6) is 0 Å². The van der Waals surface area contributed by atoms with Gasteiger partial charge in [-0.15, -0.1) is 0 Å². The molecule has 0 nitrogen and oxygen atoms in total. The molecule has 0 spiro atoms. The fraction of sp³-hybridized carbons (Fsp3) is 0.800. The van der Waals surface area contributed by atoms with Gasteiger partial charge in [-0.25, -0.2) is 0 Å². The lowest BCUT2D eigenvalue weighted by molar-refractivity contribution is 0.339. The highest BCUT2D eigenvalue weighted by molar-refractivity contribution is 9.09. The van der Waals surface area contributed by atoms with Gasteiger partial charge in [0.1, 0.15) is 0 Å². The first-order chi connectivity index (χ1) is 5.03. The Kier molecular flexibility index (Phi) is 1.52. The maximum absolute atomic E-state index is 3.76. The predicted molar refractivity (Wildman–Crippen MR) is 51.9 cm³/mol. The number of hydrogen-bond acceptors (Lipinski definition) is 0. The van der Waals surface area contributed by atoms with Crippen LogP contribution in [0.4, 0.5) is 0 Å². The van der Waals surface area contributed by atoms with Crippen molar-refractivity contribution < 1.29 is 0 Å². The lowest BCUT2D eigenvalue weighted by atomic mass is 9.83. The van der Waals surface area contributed by atoms with Gasteiger partial charge in [-0.3, -0.25) is 0 Å². The van der Waals surface area contributed by atoms with E-state index < -0.39 is 0 Å². The van der Waals surface area contributed by atoms with Crippen molar-refractivity contribution in [2.45, 2.75) is 38.4 Å². The minimum Gasteiger partial charge on any atom is -0.0884 e. The lowest BCUT2D eigenvalue weighted by Gasteiger charge is -2.23.